The van der Waals surface area contributed by atoms with Crippen LogP contribution in [0.5, 0.6) is 0 Å². The standard InChI is InChI=1S/C21H25N3O2/c1-24-19(25)13-12-17(20(24)16-10-6-3-7-11-16)21(26)23-14-18(22)15-8-4-2-5-9-15/h2-11,17-18,20H,12-14,22H2,1H3,(H,23,26). The minimum atomic E-state index is -0.275. The second-order valence-corrected chi connectivity index (χ2v) is 6.77. The number of likely N-dealkylation sites (tertiary alicyclic amines) is 1. The van der Waals surface area contributed by atoms with E-state index in [0.29, 0.717) is 19.4 Å². The smallest absolute Gasteiger partial charge is 0.225 e. The van der Waals surface area contributed by atoms with E-state index in [1.54, 1.807) is 11.9 Å². The third-order valence-corrected chi connectivity index (χ3v) is 5.06. The first-order valence-corrected chi connectivity index (χ1v) is 8.96. The van der Waals surface area contributed by atoms with Crippen LogP contribution in [0, 0.1) is 5.92 Å². The Morgan fingerprint density at radius 1 is 1.15 bits per heavy atom. The summed E-state index contributed by atoms with van der Waals surface area (Å²) in [6, 6.07) is 19.0. The lowest BCUT2D eigenvalue weighted by Crippen LogP contribution is -2.47. The van der Waals surface area contributed by atoms with Crippen molar-refractivity contribution >= 4 is 11.8 Å². The van der Waals surface area contributed by atoms with Gasteiger partial charge < -0.3 is 16.0 Å². The molecule has 0 spiro atoms. The number of carbonyl (C=O) groups excluding carboxylic acids is 2. The molecule has 3 N–H and O–H groups in total. The van der Waals surface area contributed by atoms with Crippen molar-refractivity contribution in [2.45, 2.75) is 24.9 Å². The minimum Gasteiger partial charge on any atom is -0.354 e. The van der Waals surface area contributed by atoms with Crippen LogP contribution in [-0.4, -0.2) is 30.3 Å². The van der Waals surface area contributed by atoms with Gasteiger partial charge in [0.25, 0.3) is 0 Å². The summed E-state index contributed by atoms with van der Waals surface area (Å²) in [6.07, 6.45) is 0.942. The first-order valence-electron chi connectivity index (χ1n) is 8.96. The lowest BCUT2D eigenvalue weighted by Gasteiger charge is -2.38. The Bertz CT molecular complexity index is 748. The van der Waals surface area contributed by atoms with E-state index in [9.17, 15) is 9.59 Å². The summed E-state index contributed by atoms with van der Waals surface area (Å²) >= 11 is 0. The van der Waals surface area contributed by atoms with Crippen molar-refractivity contribution in [1.29, 1.82) is 0 Å². The van der Waals surface area contributed by atoms with Crippen LogP contribution in [-0.2, 0) is 9.59 Å². The predicted octanol–water partition coefficient (Wildman–Crippen LogP) is 2.41. The molecule has 5 nitrogen and oxygen atoms in total. The van der Waals surface area contributed by atoms with Crippen LogP contribution in [0.2, 0.25) is 0 Å². The number of hydrogen-bond acceptors (Lipinski definition) is 3. The van der Waals surface area contributed by atoms with E-state index < -0.39 is 0 Å². The molecule has 0 aromatic heterocycles. The van der Waals surface area contributed by atoms with Crippen molar-refractivity contribution in [3.8, 4) is 0 Å². The van der Waals surface area contributed by atoms with Crippen LogP contribution >= 0.6 is 0 Å². The van der Waals surface area contributed by atoms with Gasteiger partial charge in [0.15, 0.2) is 0 Å². The minimum absolute atomic E-state index is 0.0513. The Kier molecular flexibility index (Phi) is 5.68. The van der Waals surface area contributed by atoms with Crippen molar-refractivity contribution in [2.75, 3.05) is 13.6 Å². The molecule has 5 heteroatoms. The molecule has 1 aliphatic rings. The molecule has 3 unspecified atom stereocenters. The summed E-state index contributed by atoms with van der Waals surface area (Å²) in [5.74, 6) is -0.253. The van der Waals surface area contributed by atoms with Gasteiger partial charge >= 0.3 is 0 Å². The molecule has 0 saturated carbocycles. The quantitative estimate of drug-likeness (QED) is 0.869. The molecule has 1 saturated heterocycles. The molecule has 0 aliphatic carbocycles. The van der Waals surface area contributed by atoms with Gasteiger partial charge in [-0.2, -0.15) is 0 Å². The van der Waals surface area contributed by atoms with Crippen LogP contribution in [0.3, 0.4) is 0 Å². The molecule has 1 fully saturated rings. The number of piperidine rings is 1. The highest BCUT2D eigenvalue weighted by atomic mass is 16.2. The molecule has 2 aromatic rings. The largest absolute Gasteiger partial charge is 0.354 e. The Balaban J connectivity index is 1.71. The molecule has 136 valence electrons. The lowest BCUT2D eigenvalue weighted by molar-refractivity contribution is -0.141. The van der Waals surface area contributed by atoms with E-state index in [4.69, 9.17) is 5.73 Å². The molecule has 1 heterocycles. The van der Waals surface area contributed by atoms with Crippen molar-refractivity contribution in [3.05, 3.63) is 71.8 Å². The van der Waals surface area contributed by atoms with Gasteiger partial charge in [0.2, 0.25) is 11.8 Å². The third-order valence-electron chi connectivity index (χ3n) is 5.06. The number of nitrogens with one attached hydrogen (secondary N) is 1. The van der Waals surface area contributed by atoms with Crippen LogP contribution in [0.4, 0.5) is 0 Å². The summed E-state index contributed by atoms with van der Waals surface area (Å²) < 4.78 is 0. The van der Waals surface area contributed by atoms with E-state index in [1.165, 1.54) is 0 Å². The Morgan fingerprint density at radius 3 is 2.42 bits per heavy atom. The highest BCUT2D eigenvalue weighted by Crippen LogP contribution is 2.35. The lowest BCUT2D eigenvalue weighted by atomic mass is 9.84. The van der Waals surface area contributed by atoms with Gasteiger partial charge in [-0.25, -0.2) is 0 Å². The van der Waals surface area contributed by atoms with Gasteiger partial charge in [-0.15, -0.1) is 0 Å². The molecule has 0 bridgehead atoms. The number of nitrogens with zero attached hydrogens (tertiary/aromatic N) is 1. The molecule has 0 radical (unpaired) electrons. The normalized spacial score (nSPS) is 21.3. The number of hydrogen-bond donors (Lipinski definition) is 2. The molecular weight excluding hydrogens is 326 g/mol. The number of carbonyl (C=O) groups is 2. The zero-order valence-corrected chi connectivity index (χ0v) is 15.0. The summed E-state index contributed by atoms with van der Waals surface area (Å²) in [5, 5.41) is 2.98. The summed E-state index contributed by atoms with van der Waals surface area (Å²) in [6.45, 7) is 0.374. The monoisotopic (exact) mass is 351 g/mol. The molecular formula is C21H25N3O2. The second-order valence-electron chi connectivity index (χ2n) is 6.77. The van der Waals surface area contributed by atoms with Gasteiger partial charge in [-0.3, -0.25) is 9.59 Å². The van der Waals surface area contributed by atoms with Crippen molar-refractivity contribution in [2.24, 2.45) is 11.7 Å². The Labute approximate surface area is 154 Å². The highest BCUT2D eigenvalue weighted by Gasteiger charge is 2.38. The number of amides is 2. The van der Waals surface area contributed by atoms with E-state index in [0.717, 1.165) is 11.1 Å². The highest BCUT2D eigenvalue weighted by molar-refractivity contribution is 5.84. The maximum absolute atomic E-state index is 12.9. The van der Waals surface area contributed by atoms with Crippen LogP contribution in [0.1, 0.15) is 36.1 Å². The van der Waals surface area contributed by atoms with Crippen molar-refractivity contribution < 1.29 is 9.59 Å². The van der Waals surface area contributed by atoms with E-state index in [1.807, 2.05) is 60.7 Å². The van der Waals surface area contributed by atoms with Crippen LogP contribution < -0.4 is 11.1 Å². The number of benzene rings is 2. The predicted molar refractivity (Wildman–Crippen MR) is 101 cm³/mol. The molecule has 3 atom stereocenters. The van der Waals surface area contributed by atoms with Gasteiger partial charge in [-0.1, -0.05) is 60.7 Å². The van der Waals surface area contributed by atoms with Gasteiger partial charge in [0.1, 0.15) is 0 Å². The first-order chi connectivity index (χ1) is 12.6. The van der Waals surface area contributed by atoms with Gasteiger partial charge in [0, 0.05) is 26.1 Å². The van der Waals surface area contributed by atoms with E-state index in [2.05, 4.69) is 5.32 Å². The molecule has 2 amide bonds. The summed E-state index contributed by atoms with van der Waals surface area (Å²) in [4.78, 5) is 26.7. The van der Waals surface area contributed by atoms with Crippen molar-refractivity contribution in [3.63, 3.8) is 0 Å². The Hall–Kier alpha value is -2.66. The zero-order chi connectivity index (χ0) is 18.5. The molecule has 1 aliphatic heterocycles. The average molecular weight is 351 g/mol. The fourth-order valence-electron chi connectivity index (χ4n) is 3.58. The fourth-order valence-corrected chi connectivity index (χ4v) is 3.58. The molecule has 26 heavy (non-hydrogen) atoms. The summed E-state index contributed by atoms with van der Waals surface area (Å²) in [5.41, 5.74) is 8.16. The number of rotatable bonds is 5. The number of nitrogens with two attached hydrogens (primary N) is 1. The molecule has 3 rings (SSSR count). The zero-order valence-electron chi connectivity index (χ0n) is 15.0. The maximum Gasteiger partial charge on any atom is 0.225 e. The van der Waals surface area contributed by atoms with Crippen molar-refractivity contribution in [1.82, 2.24) is 10.2 Å². The maximum atomic E-state index is 12.9. The Morgan fingerprint density at radius 2 is 1.77 bits per heavy atom. The second kappa shape index (κ2) is 8.15. The topological polar surface area (TPSA) is 75.4 Å². The van der Waals surface area contributed by atoms with E-state index >= 15 is 0 Å². The third kappa shape index (κ3) is 3.94. The summed E-state index contributed by atoms with van der Waals surface area (Å²) in [7, 11) is 1.77. The molecule has 2 aromatic carbocycles. The van der Waals surface area contributed by atoms with Gasteiger partial charge in [-0.05, 0) is 17.5 Å². The van der Waals surface area contributed by atoms with Crippen LogP contribution in [0.15, 0.2) is 60.7 Å². The van der Waals surface area contributed by atoms with Gasteiger partial charge in [0.05, 0.1) is 12.0 Å². The fraction of sp³-hybridized carbons (Fsp3) is 0.333. The first kappa shape index (κ1) is 18.1. The van der Waals surface area contributed by atoms with E-state index in [-0.39, 0.29) is 29.8 Å². The van der Waals surface area contributed by atoms with Crippen LogP contribution in [0.25, 0.3) is 0 Å². The SMILES string of the molecule is CN1C(=O)CCC(C(=O)NCC(N)c2ccccc2)C1c1ccccc1. The average Bonchev–Trinajstić information content (AvgIpc) is 2.69.